The van der Waals surface area contributed by atoms with Crippen molar-refractivity contribution in [2.75, 3.05) is 26.2 Å². The van der Waals surface area contributed by atoms with Crippen molar-refractivity contribution in [2.24, 2.45) is 0 Å². The molecule has 0 aliphatic carbocycles. The van der Waals surface area contributed by atoms with Gasteiger partial charge in [-0.2, -0.15) is 0 Å². The molecule has 1 N–H and O–H groups in total. The third-order valence-corrected chi connectivity index (χ3v) is 6.65. The molecule has 3 rings (SSSR count). The van der Waals surface area contributed by atoms with Crippen molar-refractivity contribution in [1.82, 2.24) is 14.3 Å². The number of aliphatic hydroxyl groups is 1. The summed E-state index contributed by atoms with van der Waals surface area (Å²) in [6.07, 6.45) is 4.63. The average Bonchev–Trinajstić information content (AvgIpc) is 2.90. The van der Waals surface area contributed by atoms with Gasteiger partial charge >= 0.3 is 0 Å². The zero-order valence-corrected chi connectivity index (χ0v) is 15.0. The van der Waals surface area contributed by atoms with Crippen LogP contribution in [0.3, 0.4) is 0 Å². The summed E-state index contributed by atoms with van der Waals surface area (Å²) < 4.78 is 32.3. The third-order valence-electron chi connectivity index (χ3n) is 4.16. The Morgan fingerprint density at radius 3 is 2.71 bits per heavy atom. The number of hydrogen-bond acceptors (Lipinski definition) is 6. The van der Waals surface area contributed by atoms with Crippen molar-refractivity contribution in [3.8, 4) is 5.75 Å². The SMILES string of the molecule is CC(C)(C)S(=O)(=O)c1cn2ccnc2cc1OCCN1CC(O)C1. The number of aliphatic hydroxyl groups excluding tert-OH is 1. The Morgan fingerprint density at radius 1 is 1.38 bits per heavy atom. The molecule has 0 amide bonds. The van der Waals surface area contributed by atoms with Gasteiger partial charge in [0.25, 0.3) is 0 Å². The number of rotatable bonds is 5. The molecule has 3 heterocycles. The van der Waals surface area contributed by atoms with Gasteiger partial charge in [0.05, 0.1) is 10.9 Å². The Balaban J connectivity index is 1.88. The molecule has 0 spiro atoms. The van der Waals surface area contributed by atoms with Crippen LogP contribution in [-0.2, 0) is 9.84 Å². The quantitative estimate of drug-likeness (QED) is 0.862. The van der Waals surface area contributed by atoms with Crippen LogP contribution in [0.1, 0.15) is 20.8 Å². The van der Waals surface area contributed by atoms with Crippen LogP contribution in [0.5, 0.6) is 5.75 Å². The minimum Gasteiger partial charge on any atom is -0.491 e. The van der Waals surface area contributed by atoms with Gasteiger partial charge in [0, 0.05) is 44.3 Å². The highest BCUT2D eigenvalue weighted by molar-refractivity contribution is 7.92. The van der Waals surface area contributed by atoms with Gasteiger partial charge < -0.3 is 14.2 Å². The molecular formula is C16H23N3O4S. The zero-order chi connectivity index (χ0) is 17.5. The number of imidazole rings is 1. The van der Waals surface area contributed by atoms with Crippen LogP contribution >= 0.6 is 0 Å². The zero-order valence-electron chi connectivity index (χ0n) is 14.1. The fraction of sp³-hybridized carbons (Fsp3) is 0.562. The summed E-state index contributed by atoms with van der Waals surface area (Å²) in [5.41, 5.74) is 0.636. The van der Waals surface area contributed by atoms with E-state index in [1.54, 1.807) is 49.8 Å². The van der Waals surface area contributed by atoms with Gasteiger partial charge in [-0.1, -0.05) is 0 Å². The van der Waals surface area contributed by atoms with Gasteiger partial charge in [-0.25, -0.2) is 13.4 Å². The van der Waals surface area contributed by atoms with Crippen molar-refractivity contribution in [1.29, 1.82) is 0 Å². The Hall–Kier alpha value is -1.64. The molecule has 0 atom stereocenters. The lowest BCUT2D eigenvalue weighted by Crippen LogP contribution is -2.51. The fourth-order valence-corrected chi connectivity index (χ4v) is 3.87. The summed E-state index contributed by atoms with van der Waals surface area (Å²) in [5.74, 6) is 0.324. The molecule has 1 fully saturated rings. The van der Waals surface area contributed by atoms with E-state index in [-0.39, 0.29) is 11.0 Å². The maximum Gasteiger partial charge on any atom is 0.188 e. The number of sulfone groups is 1. The smallest absolute Gasteiger partial charge is 0.188 e. The lowest BCUT2D eigenvalue weighted by Gasteiger charge is -2.35. The maximum atomic E-state index is 12.9. The molecule has 0 unspecified atom stereocenters. The summed E-state index contributed by atoms with van der Waals surface area (Å²) in [6.45, 7) is 7.29. The minimum atomic E-state index is -3.55. The van der Waals surface area contributed by atoms with E-state index in [1.165, 1.54) is 0 Å². The van der Waals surface area contributed by atoms with Gasteiger partial charge in [-0.15, -0.1) is 0 Å². The highest BCUT2D eigenvalue weighted by atomic mass is 32.2. The second-order valence-corrected chi connectivity index (χ2v) is 9.74. The summed E-state index contributed by atoms with van der Waals surface area (Å²) in [4.78, 5) is 6.41. The average molecular weight is 353 g/mol. The number of aromatic nitrogens is 2. The van der Waals surface area contributed by atoms with E-state index in [0.29, 0.717) is 37.6 Å². The monoisotopic (exact) mass is 353 g/mol. The molecule has 2 aromatic heterocycles. The summed E-state index contributed by atoms with van der Waals surface area (Å²) in [6, 6.07) is 1.66. The molecule has 1 aliphatic rings. The highest BCUT2D eigenvalue weighted by Crippen LogP contribution is 2.32. The molecule has 0 radical (unpaired) electrons. The molecule has 1 saturated heterocycles. The van der Waals surface area contributed by atoms with Crippen LogP contribution in [0.4, 0.5) is 0 Å². The van der Waals surface area contributed by atoms with Crippen molar-refractivity contribution in [3.63, 3.8) is 0 Å². The third kappa shape index (κ3) is 3.13. The second-order valence-electron chi connectivity index (χ2n) is 7.07. The summed E-state index contributed by atoms with van der Waals surface area (Å²) in [5, 5.41) is 9.30. The lowest BCUT2D eigenvalue weighted by atomic mass is 10.2. The molecule has 1 aliphatic heterocycles. The van der Waals surface area contributed by atoms with Crippen LogP contribution in [0.15, 0.2) is 29.6 Å². The van der Waals surface area contributed by atoms with E-state index in [2.05, 4.69) is 9.88 Å². The number of ether oxygens (including phenoxy) is 1. The predicted molar refractivity (Wildman–Crippen MR) is 90.1 cm³/mol. The Bertz CT molecular complexity index is 833. The van der Waals surface area contributed by atoms with Crippen LogP contribution in [0.2, 0.25) is 0 Å². The molecule has 8 heteroatoms. The van der Waals surface area contributed by atoms with E-state index < -0.39 is 14.6 Å². The minimum absolute atomic E-state index is 0.171. The number of pyridine rings is 1. The van der Waals surface area contributed by atoms with Crippen molar-refractivity contribution in [3.05, 3.63) is 24.7 Å². The topological polar surface area (TPSA) is 84.1 Å². The summed E-state index contributed by atoms with van der Waals surface area (Å²) >= 11 is 0. The molecular weight excluding hydrogens is 330 g/mol. The van der Waals surface area contributed by atoms with Gasteiger partial charge in [-0.3, -0.25) is 4.90 Å². The molecule has 2 aromatic rings. The first-order valence-corrected chi connectivity index (χ1v) is 9.41. The maximum absolute atomic E-state index is 12.9. The standard InChI is InChI=1S/C16H23N3O4S/c1-16(2,3)24(21,22)14-11-19-5-4-17-15(19)8-13(14)23-7-6-18-9-12(20)10-18/h4-5,8,11-12,20H,6-7,9-10H2,1-3H3. The van der Waals surface area contributed by atoms with Gasteiger partial charge in [0.1, 0.15) is 22.9 Å². The molecule has 24 heavy (non-hydrogen) atoms. The van der Waals surface area contributed by atoms with Gasteiger partial charge in [0.2, 0.25) is 0 Å². The second kappa shape index (κ2) is 6.02. The van der Waals surface area contributed by atoms with Gasteiger partial charge in [0.15, 0.2) is 9.84 Å². The number of hydrogen-bond donors (Lipinski definition) is 1. The van der Waals surface area contributed by atoms with E-state index in [0.717, 1.165) is 0 Å². The number of likely N-dealkylation sites (tertiary alicyclic amines) is 1. The number of fused-ring (bicyclic) bond motifs is 1. The van der Waals surface area contributed by atoms with E-state index >= 15 is 0 Å². The van der Waals surface area contributed by atoms with Gasteiger partial charge in [-0.05, 0) is 20.8 Å². The fourth-order valence-electron chi connectivity index (χ4n) is 2.58. The molecule has 0 bridgehead atoms. The highest BCUT2D eigenvalue weighted by Gasteiger charge is 2.34. The van der Waals surface area contributed by atoms with Crippen LogP contribution in [0, 0.1) is 0 Å². The Labute approximate surface area is 141 Å². The number of nitrogens with zero attached hydrogens (tertiary/aromatic N) is 3. The van der Waals surface area contributed by atoms with Crippen LogP contribution < -0.4 is 4.74 Å². The molecule has 0 aromatic carbocycles. The van der Waals surface area contributed by atoms with Crippen molar-refractivity contribution in [2.45, 2.75) is 36.5 Å². The Morgan fingerprint density at radius 2 is 2.08 bits per heavy atom. The van der Waals surface area contributed by atoms with E-state index in [1.807, 2.05) is 0 Å². The molecule has 7 nitrogen and oxygen atoms in total. The number of β-amino-alcohol motifs (C(OH)–C–C–N with tert-alkyl or cyclic N) is 1. The first-order chi connectivity index (χ1) is 11.2. The molecule has 0 saturated carbocycles. The predicted octanol–water partition coefficient (Wildman–Crippen LogP) is 0.962. The van der Waals surface area contributed by atoms with E-state index in [9.17, 15) is 13.5 Å². The normalized spacial score (nSPS) is 17.2. The lowest BCUT2D eigenvalue weighted by molar-refractivity contribution is -0.00403. The Kier molecular flexibility index (Phi) is 4.31. The van der Waals surface area contributed by atoms with Crippen LogP contribution in [-0.4, -0.2) is 64.9 Å². The van der Waals surface area contributed by atoms with E-state index in [4.69, 9.17) is 4.74 Å². The molecule has 132 valence electrons. The largest absolute Gasteiger partial charge is 0.491 e. The first kappa shape index (κ1) is 17.2. The van der Waals surface area contributed by atoms with Crippen molar-refractivity contribution < 1.29 is 18.3 Å². The summed E-state index contributed by atoms with van der Waals surface area (Å²) in [7, 11) is -3.55. The van der Waals surface area contributed by atoms with Crippen molar-refractivity contribution >= 4 is 15.5 Å². The van der Waals surface area contributed by atoms with Crippen LogP contribution in [0.25, 0.3) is 5.65 Å². The first-order valence-electron chi connectivity index (χ1n) is 7.93.